The molecule has 3 aromatic carbocycles. The summed E-state index contributed by atoms with van der Waals surface area (Å²) in [5.74, 6) is -1.75. The van der Waals surface area contributed by atoms with Crippen molar-refractivity contribution in [2.24, 2.45) is 0 Å². The van der Waals surface area contributed by atoms with Gasteiger partial charge in [0.15, 0.2) is 0 Å². The Hall–Kier alpha value is -3.18. The first-order valence-corrected chi connectivity index (χ1v) is 12.2. The van der Waals surface area contributed by atoms with Gasteiger partial charge in [0.25, 0.3) is 20.0 Å². The minimum atomic E-state index is -4.44. The Morgan fingerprint density at radius 1 is 0.719 bits per heavy atom. The lowest BCUT2D eigenvalue weighted by Gasteiger charge is -2.15. The molecule has 11 heteroatoms. The van der Waals surface area contributed by atoms with Crippen LogP contribution in [0.25, 0.3) is 0 Å². The molecule has 0 heterocycles. The molecule has 0 bridgehead atoms. The lowest BCUT2D eigenvalue weighted by molar-refractivity contribution is 0.402. The summed E-state index contributed by atoms with van der Waals surface area (Å²) in [5.41, 5.74) is 0.574. The fraction of sp³-hybridized carbons (Fsp3) is 0.143. The fourth-order valence-corrected chi connectivity index (χ4v) is 5.27. The third-order valence-electron chi connectivity index (χ3n) is 4.47. The molecule has 3 aromatic rings. The minimum Gasteiger partial charge on any atom is -0.495 e. The van der Waals surface area contributed by atoms with Gasteiger partial charge in [-0.25, -0.2) is 25.6 Å². The summed E-state index contributed by atoms with van der Waals surface area (Å²) in [6.07, 6.45) is 0. The summed E-state index contributed by atoms with van der Waals surface area (Å²) < 4.78 is 88.9. The van der Waals surface area contributed by atoms with Gasteiger partial charge in [-0.05, 0) is 67.4 Å². The van der Waals surface area contributed by atoms with E-state index < -0.39 is 41.5 Å². The van der Waals surface area contributed by atoms with E-state index in [4.69, 9.17) is 4.74 Å². The summed E-state index contributed by atoms with van der Waals surface area (Å²) in [6.45, 7) is 3.29. The van der Waals surface area contributed by atoms with Gasteiger partial charge in [-0.3, -0.25) is 9.44 Å². The van der Waals surface area contributed by atoms with Gasteiger partial charge in [0, 0.05) is 0 Å². The molecule has 0 fully saturated rings. The Kier molecular flexibility index (Phi) is 6.42. The summed E-state index contributed by atoms with van der Waals surface area (Å²) in [6, 6.07) is 10.9. The number of nitrogens with one attached hydrogen (secondary N) is 2. The second kappa shape index (κ2) is 8.75. The van der Waals surface area contributed by atoms with Gasteiger partial charge in [0.05, 0.1) is 23.4 Å². The van der Waals surface area contributed by atoms with Crippen LogP contribution >= 0.6 is 0 Å². The average Bonchev–Trinajstić information content (AvgIpc) is 2.71. The monoisotopic (exact) mass is 482 g/mol. The first-order valence-electron chi connectivity index (χ1n) is 9.19. The van der Waals surface area contributed by atoms with Crippen molar-refractivity contribution in [3.63, 3.8) is 0 Å². The Morgan fingerprint density at radius 3 is 1.69 bits per heavy atom. The highest BCUT2D eigenvalue weighted by Crippen LogP contribution is 2.30. The molecular formula is C21H20F2N2O5S2. The summed E-state index contributed by atoms with van der Waals surface area (Å²) in [5, 5.41) is 0. The number of hydrogen-bond acceptors (Lipinski definition) is 5. The molecule has 0 saturated carbocycles. The minimum absolute atomic E-state index is 0.162. The van der Waals surface area contributed by atoms with Crippen molar-refractivity contribution in [3.8, 4) is 5.75 Å². The van der Waals surface area contributed by atoms with Gasteiger partial charge in [-0.1, -0.05) is 12.1 Å². The van der Waals surface area contributed by atoms with Gasteiger partial charge in [-0.2, -0.15) is 0 Å². The van der Waals surface area contributed by atoms with E-state index in [1.54, 1.807) is 13.8 Å². The van der Waals surface area contributed by atoms with Gasteiger partial charge < -0.3 is 4.74 Å². The zero-order valence-corrected chi connectivity index (χ0v) is 18.9. The van der Waals surface area contributed by atoms with Crippen molar-refractivity contribution in [1.29, 1.82) is 0 Å². The molecule has 2 N–H and O–H groups in total. The topological polar surface area (TPSA) is 102 Å². The molecule has 0 atom stereocenters. The number of aryl methyl sites for hydroxylation is 2. The van der Waals surface area contributed by atoms with Crippen molar-refractivity contribution in [1.82, 2.24) is 0 Å². The SMILES string of the molecule is COc1ccc(S(=O)(=O)Nc2ccc(C)cc2F)cc1S(=O)(=O)Nc1ccc(C)cc1F. The zero-order valence-electron chi connectivity index (χ0n) is 17.3. The van der Waals surface area contributed by atoms with E-state index in [-0.39, 0.29) is 17.1 Å². The van der Waals surface area contributed by atoms with E-state index in [1.807, 2.05) is 0 Å². The smallest absolute Gasteiger partial charge is 0.265 e. The van der Waals surface area contributed by atoms with Crippen LogP contribution in [-0.4, -0.2) is 23.9 Å². The number of halogens is 2. The van der Waals surface area contributed by atoms with E-state index in [2.05, 4.69) is 9.44 Å². The number of sulfonamides is 2. The highest BCUT2D eigenvalue weighted by Gasteiger charge is 2.25. The molecule has 0 radical (unpaired) electrons. The fourth-order valence-electron chi connectivity index (χ4n) is 2.84. The third kappa shape index (κ3) is 5.00. The van der Waals surface area contributed by atoms with E-state index in [1.165, 1.54) is 31.4 Å². The summed E-state index contributed by atoms with van der Waals surface area (Å²) in [7, 11) is -7.59. The normalized spacial score (nSPS) is 11.8. The van der Waals surface area contributed by atoms with Crippen LogP contribution in [0.3, 0.4) is 0 Å². The van der Waals surface area contributed by atoms with Crippen molar-refractivity contribution < 1.29 is 30.4 Å². The molecule has 0 spiro atoms. The number of benzene rings is 3. The highest BCUT2D eigenvalue weighted by molar-refractivity contribution is 7.93. The van der Waals surface area contributed by atoms with Gasteiger partial charge in [0.1, 0.15) is 22.3 Å². The molecule has 3 rings (SSSR count). The quantitative estimate of drug-likeness (QED) is 0.526. The van der Waals surface area contributed by atoms with E-state index >= 15 is 0 Å². The van der Waals surface area contributed by atoms with Gasteiger partial charge >= 0.3 is 0 Å². The molecule has 0 aromatic heterocycles. The average molecular weight is 483 g/mol. The molecule has 0 aliphatic carbocycles. The molecule has 0 saturated heterocycles. The molecule has 0 aliphatic heterocycles. The summed E-state index contributed by atoms with van der Waals surface area (Å²) in [4.78, 5) is -0.991. The van der Waals surface area contributed by atoms with Gasteiger partial charge in [-0.15, -0.1) is 0 Å². The van der Waals surface area contributed by atoms with Crippen LogP contribution in [-0.2, 0) is 20.0 Å². The van der Waals surface area contributed by atoms with Crippen molar-refractivity contribution in [3.05, 3.63) is 77.4 Å². The van der Waals surface area contributed by atoms with E-state index in [0.717, 1.165) is 30.3 Å². The maximum Gasteiger partial charge on any atom is 0.265 e. The molecule has 7 nitrogen and oxygen atoms in total. The van der Waals surface area contributed by atoms with E-state index in [9.17, 15) is 25.6 Å². The predicted octanol–water partition coefficient (Wildman–Crippen LogP) is 4.19. The number of ether oxygens (including phenoxy) is 1. The summed E-state index contributed by atoms with van der Waals surface area (Å²) >= 11 is 0. The molecule has 0 unspecified atom stereocenters. The lowest BCUT2D eigenvalue weighted by Crippen LogP contribution is -2.18. The van der Waals surface area contributed by atoms with Crippen LogP contribution in [0.1, 0.15) is 11.1 Å². The molecule has 170 valence electrons. The number of methoxy groups -OCH3 is 1. The van der Waals surface area contributed by atoms with Crippen LogP contribution in [0.5, 0.6) is 5.75 Å². The molecule has 0 amide bonds. The third-order valence-corrected chi connectivity index (χ3v) is 7.22. The maximum atomic E-state index is 14.2. The Morgan fingerprint density at radius 2 is 1.22 bits per heavy atom. The number of anilines is 2. The van der Waals surface area contributed by atoms with Gasteiger partial charge in [0.2, 0.25) is 0 Å². The zero-order chi connectivity index (χ0) is 23.7. The molecule has 0 aliphatic rings. The van der Waals surface area contributed by atoms with E-state index in [0.29, 0.717) is 11.1 Å². The standard InChI is InChI=1S/C21H20F2N2O5S2/c1-13-4-7-18(16(22)10-13)24-31(26,27)15-6-9-20(30-3)21(12-15)32(28,29)25-19-8-5-14(2)11-17(19)23/h4-12,24-25H,1-3H3. The van der Waals surface area contributed by atoms with Crippen LogP contribution in [0.4, 0.5) is 20.2 Å². The largest absolute Gasteiger partial charge is 0.495 e. The van der Waals surface area contributed by atoms with Crippen molar-refractivity contribution >= 4 is 31.4 Å². The first-order chi connectivity index (χ1) is 14.9. The van der Waals surface area contributed by atoms with Crippen LogP contribution in [0.15, 0.2) is 64.4 Å². The van der Waals surface area contributed by atoms with Crippen molar-refractivity contribution in [2.45, 2.75) is 23.6 Å². The van der Waals surface area contributed by atoms with Crippen molar-refractivity contribution in [2.75, 3.05) is 16.6 Å². The lowest BCUT2D eigenvalue weighted by atomic mass is 10.2. The Bertz CT molecular complexity index is 1390. The van der Waals surface area contributed by atoms with Crippen LogP contribution < -0.4 is 14.2 Å². The Balaban J connectivity index is 2.02. The second-order valence-corrected chi connectivity index (χ2v) is 10.3. The Labute approximate surface area is 185 Å². The highest BCUT2D eigenvalue weighted by atomic mass is 32.2. The first kappa shape index (κ1) is 23.5. The number of rotatable bonds is 7. The number of hydrogen-bond donors (Lipinski definition) is 2. The van der Waals surface area contributed by atoms with Crippen LogP contribution in [0.2, 0.25) is 0 Å². The molecular weight excluding hydrogens is 462 g/mol. The second-order valence-electron chi connectivity index (χ2n) is 6.99. The molecule has 32 heavy (non-hydrogen) atoms. The van der Waals surface area contributed by atoms with Crippen LogP contribution in [0, 0.1) is 25.5 Å². The predicted molar refractivity (Wildman–Crippen MR) is 117 cm³/mol. The maximum absolute atomic E-state index is 14.2.